The van der Waals surface area contributed by atoms with Crippen molar-refractivity contribution in [3.63, 3.8) is 0 Å². The van der Waals surface area contributed by atoms with Crippen LogP contribution < -0.4 is 15.4 Å². The lowest BCUT2D eigenvalue weighted by molar-refractivity contribution is -0.127. The first kappa shape index (κ1) is 25.5. The van der Waals surface area contributed by atoms with Gasteiger partial charge >= 0.3 is 0 Å². The molecule has 0 spiro atoms. The number of nitrogens with zero attached hydrogens (tertiary/aromatic N) is 2. The molecule has 1 amide bonds. The maximum absolute atomic E-state index is 11.9. The number of likely N-dealkylation sites (N-methyl/N-ethyl adjacent to an activating group) is 1. The van der Waals surface area contributed by atoms with Crippen molar-refractivity contribution in [1.29, 1.82) is 0 Å². The number of aliphatic imine (C=N–C) groups is 1. The third-order valence-electron chi connectivity index (χ3n) is 4.95. The summed E-state index contributed by atoms with van der Waals surface area (Å²) in [5, 5.41) is 6.66. The van der Waals surface area contributed by atoms with E-state index in [2.05, 4.69) is 34.7 Å². The first-order chi connectivity index (χ1) is 13.5. The summed E-state index contributed by atoms with van der Waals surface area (Å²) in [4.78, 5) is 17.8. The number of carbonyl (C=O) groups is 1. The summed E-state index contributed by atoms with van der Waals surface area (Å²) in [7, 11) is 5.15. The fourth-order valence-electron chi connectivity index (χ4n) is 2.98. The number of ether oxygens (including phenoxy) is 2. The molecular weight excluding hydrogens is 483 g/mol. The number of nitrogens with one attached hydrogen (secondary N) is 2. The molecule has 0 radical (unpaired) electrons. The molecule has 0 bridgehead atoms. The van der Waals surface area contributed by atoms with Crippen molar-refractivity contribution >= 4 is 35.8 Å². The summed E-state index contributed by atoms with van der Waals surface area (Å²) in [6, 6.07) is 8.18. The van der Waals surface area contributed by atoms with Gasteiger partial charge in [0.2, 0.25) is 5.91 Å². The Morgan fingerprint density at radius 3 is 2.62 bits per heavy atom. The lowest BCUT2D eigenvalue weighted by atomic mass is 9.98. The third kappa shape index (κ3) is 9.20. The van der Waals surface area contributed by atoms with Gasteiger partial charge in [-0.2, -0.15) is 0 Å². The zero-order valence-electron chi connectivity index (χ0n) is 17.9. The van der Waals surface area contributed by atoms with Crippen LogP contribution in [0, 0.1) is 0 Å². The molecule has 2 N–H and O–H groups in total. The predicted molar refractivity (Wildman–Crippen MR) is 127 cm³/mol. The second-order valence-electron chi connectivity index (χ2n) is 7.36. The lowest BCUT2D eigenvalue weighted by Crippen LogP contribution is -2.42. The molecule has 164 valence electrons. The molecule has 1 fully saturated rings. The van der Waals surface area contributed by atoms with Gasteiger partial charge < -0.3 is 25.0 Å². The average Bonchev–Trinajstić information content (AvgIpc) is 3.22. The van der Waals surface area contributed by atoms with Gasteiger partial charge in [-0.25, -0.2) is 4.99 Å². The lowest BCUT2D eigenvalue weighted by Gasteiger charge is -2.18. The van der Waals surface area contributed by atoms with E-state index in [0.29, 0.717) is 18.4 Å². The summed E-state index contributed by atoms with van der Waals surface area (Å²) in [5.41, 5.74) is 1.27. The number of halogens is 1. The van der Waals surface area contributed by atoms with Gasteiger partial charge in [0, 0.05) is 33.8 Å². The number of amides is 1. The molecule has 0 aliphatic carbocycles. The number of benzene rings is 1. The molecule has 1 aromatic carbocycles. The van der Waals surface area contributed by atoms with E-state index in [0.717, 1.165) is 38.2 Å². The SMILES string of the molecule is COc1ccc(C(C)CCNC(=NCC(=O)N(C)C)NCC2CCCO2)cc1.I. The van der Waals surface area contributed by atoms with Crippen molar-refractivity contribution in [3.05, 3.63) is 29.8 Å². The molecular formula is C21H35IN4O3. The van der Waals surface area contributed by atoms with E-state index in [9.17, 15) is 4.79 Å². The number of hydrogen-bond acceptors (Lipinski definition) is 4. The van der Waals surface area contributed by atoms with E-state index in [1.807, 2.05) is 12.1 Å². The highest BCUT2D eigenvalue weighted by Crippen LogP contribution is 2.21. The van der Waals surface area contributed by atoms with Gasteiger partial charge in [-0.05, 0) is 42.9 Å². The largest absolute Gasteiger partial charge is 0.497 e. The Balaban J connectivity index is 0.00000420. The molecule has 0 aromatic heterocycles. The first-order valence-electron chi connectivity index (χ1n) is 9.97. The van der Waals surface area contributed by atoms with Gasteiger partial charge in [0.1, 0.15) is 12.3 Å². The van der Waals surface area contributed by atoms with Crippen molar-refractivity contribution < 1.29 is 14.3 Å². The van der Waals surface area contributed by atoms with Crippen LogP contribution in [0.2, 0.25) is 0 Å². The smallest absolute Gasteiger partial charge is 0.243 e. The minimum atomic E-state index is -0.0233. The van der Waals surface area contributed by atoms with Gasteiger partial charge in [0.05, 0.1) is 13.2 Å². The zero-order chi connectivity index (χ0) is 20.4. The molecule has 1 heterocycles. The minimum Gasteiger partial charge on any atom is -0.497 e. The van der Waals surface area contributed by atoms with Crippen molar-refractivity contribution in [2.45, 2.75) is 38.2 Å². The Morgan fingerprint density at radius 1 is 1.31 bits per heavy atom. The molecule has 1 aliphatic heterocycles. The Hall–Kier alpha value is -1.55. The average molecular weight is 518 g/mol. The highest BCUT2D eigenvalue weighted by Gasteiger charge is 2.16. The predicted octanol–water partition coefficient (Wildman–Crippen LogP) is 2.61. The summed E-state index contributed by atoms with van der Waals surface area (Å²) in [6.45, 7) is 4.62. The number of hydrogen-bond donors (Lipinski definition) is 2. The van der Waals surface area contributed by atoms with Gasteiger partial charge in [0.15, 0.2) is 5.96 Å². The number of guanidine groups is 1. The Labute approximate surface area is 191 Å². The molecule has 1 aliphatic rings. The van der Waals surface area contributed by atoms with E-state index in [4.69, 9.17) is 9.47 Å². The third-order valence-corrected chi connectivity index (χ3v) is 4.95. The maximum Gasteiger partial charge on any atom is 0.243 e. The van der Waals surface area contributed by atoms with Crippen LogP contribution in [0.3, 0.4) is 0 Å². The Kier molecular flexibility index (Phi) is 12.0. The second kappa shape index (κ2) is 13.6. The van der Waals surface area contributed by atoms with Gasteiger partial charge in [-0.1, -0.05) is 19.1 Å². The standard InChI is InChI=1S/C21H34N4O3.HI/c1-16(17-7-9-18(27-4)10-8-17)11-12-22-21(24-15-20(26)25(2)3)23-14-19-6-5-13-28-19;/h7-10,16,19H,5-6,11-15H2,1-4H3,(H2,22,23,24);1H. The first-order valence-corrected chi connectivity index (χ1v) is 9.97. The Bertz CT molecular complexity index is 631. The van der Waals surface area contributed by atoms with Crippen LogP contribution in [0.25, 0.3) is 0 Å². The van der Waals surface area contributed by atoms with Crippen molar-refractivity contribution in [2.24, 2.45) is 4.99 Å². The molecule has 29 heavy (non-hydrogen) atoms. The van der Waals surface area contributed by atoms with Crippen molar-refractivity contribution in [1.82, 2.24) is 15.5 Å². The zero-order valence-corrected chi connectivity index (χ0v) is 20.3. The van der Waals surface area contributed by atoms with E-state index < -0.39 is 0 Å². The van der Waals surface area contributed by atoms with Crippen molar-refractivity contribution in [3.8, 4) is 5.75 Å². The topological polar surface area (TPSA) is 75.2 Å². The summed E-state index contributed by atoms with van der Waals surface area (Å²) in [6.07, 6.45) is 3.33. The summed E-state index contributed by atoms with van der Waals surface area (Å²) < 4.78 is 10.9. The van der Waals surface area contributed by atoms with Crippen LogP contribution in [-0.2, 0) is 9.53 Å². The van der Waals surface area contributed by atoms with Gasteiger partial charge in [0.25, 0.3) is 0 Å². The summed E-state index contributed by atoms with van der Waals surface area (Å²) >= 11 is 0. The summed E-state index contributed by atoms with van der Waals surface area (Å²) in [5.74, 6) is 1.91. The fourth-order valence-corrected chi connectivity index (χ4v) is 2.98. The van der Waals surface area contributed by atoms with Crippen molar-refractivity contribution in [2.75, 3.05) is 47.4 Å². The number of rotatable bonds is 9. The van der Waals surface area contributed by atoms with E-state index in [1.54, 1.807) is 26.1 Å². The fraction of sp³-hybridized carbons (Fsp3) is 0.619. The van der Waals surface area contributed by atoms with Crippen LogP contribution in [-0.4, -0.2) is 70.3 Å². The molecule has 1 aromatic rings. The monoisotopic (exact) mass is 518 g/mol. The second-order valence-corrected chi connectivity index (χ2v) is 7.36. The molecule has 0 saturated carbocycles. The molecule has 2 atom stereocenters. The van der Waals surface area contributed by atoms with Gasteiger partial charge in [-0.15, -0.1) is 24.0 Å². The van der Waals surface area contributed by atoms with Crippen LogP contribution in [0.15, 0.2) is 29.3 Å². The minimum absolute atomic E-state index is 0. The molecule has 8 heteroatoms. The maximum atomic E-state index is 11.9. The highest BCUT2D eigenvalue weighted by molar-refractivity contribution is 14.0. The molecule has 7 nitrogen and oxygen atoms in total. The van der Waals surface area contributed by atoms with Crippen LogP contribution in [0.1, 0.15) is 37.7 Å². The highest BCUT2D eigenvalue weighted by atomic mass is 127. The molecule has 2 unspecified atom stereocenters. The normalized spacial score (nSPS) is 17.2. The van der Waals surface area contributed by atoms with E-state index in [-0.39, 0.29) is 42.5 Å². The van der Waals surface area contributed by atoms with E-state index in [1.165, 1.54) is 5.56 Å². The molecule has 2 rings (SSSR count). The Morgan fingerprint density at radius 2 is 2.03 bits per heavy atom. The van der Waals surface area contributed by atoms with Crippen LogP contribution in [0.4, 0.5) is 0 Å². The van der Waals surface area contributed by atoms with E-state index >= 15 is 0 Å². The quantitative estimate of drug-likeness (QED) is 0.299. The van der Waals surface area contributed by atoms with Gasteiger partial charge in [-0.3, -0.25) is 4.79 Å². The molecule has 1 saturated heterocycles. The van der Waals surface area contributed by atoms with Crippen LogP contribution in [0.5, 0.6) is 5.75 Å². The number of carbonyl (C=O) groups excluding carboxylic acids is 1. The van der Waals surface area contributed by atoms with Crippen LogP contribution >= 0.6 is 24.0 Å². The number of methoxy groups -OCH3 is 1.